The van der Waals surface area contributed by atoms with Gasteiger partial charge in [0.2, 0.25) is 0 Å². The summed E-state index contributed by atoms with van der Waals surface area (Å²) >= 11 is 0. The molecule has 0 aromatic heterocycles. The van der Waals surface area contributed by atoms with Crippen molar-refractivity contribution in [1.82, 2.24) is 0 Å². The van der Waals surface area contributed by atoms with E-state index in [2.05, 4.69) is 192 Å². The van der Waals surface area contributed by atoms with Crippen LogP contribution in [0.5, 0.6) is 0 Å². The molecule has 0 aliphatic carbocycles. The van der Waals surface area contributed by atoms with Gasteiger partial charge < -0.3 is 9.80 Å². The Kier molecular flexibility index (Phi) is 6.17. The fourth-order valence-corrected chi connectivity index (χ4v) is 7.23. The van der Waals surface area contributed by atoms with Crippen molar-refractivity contribution >= 4 is 77.2 Å². The Hall–Kier alpha value is -6.12. The highest BCUT2D eigenvalue weighted by Gasteiger charge is 2.22. The van der Waals surface area contributed by atoms with Crippen molar-refractivity contribution in [2.24, 2.45) is 0 Å². The third-order valence-electron chi connectivity index (χ3n) is 9.15. The van der Waals surface area contributed by atoms with Crippen LogP contribution < -0.4 is 9.80 Å². The van der Waals surface area contributed by atoms with Gasteiger partial charge in [-0.25, -0.2) is 0 Å². The first-order chi connectivity index (χ1) is 22.9. The van der Waals surface area contributed by atoms with Crippen LogP contribution in [0.25, 0.3) is 43.1 Å². The van der Waals surface area contributed by atoms with Crippen LogP contribution in [0.4, 0.5) is 34.1 Å². The molecule has 0 radical (unpaired) electrons. The van der Waals surface area contributed by atoms with Crippen LogP contribution in [0.2, 0.25) is 0 Å². The summed E-state index contributed by atoms with van der Waals surface area (Å²) in [6.45, 7) is 0. The summed E-state index contributed by atoms with van der Waals surface area (Å²) in [6, 6.07) is 65.5. The molecule has 216 valence electrons. The Morgan fingerprint density at radius 3 is 0.826 bits per heavy atom. The number of hydrogen-bond donors (Lipinski definition) is 0. The zero-order chi connectivity index (χ0) is 30.5. The number of fused-ring (bicyclic) bond motifs is 2. The maximum atomic E-state index is 2.37. The van der Waals surface area contributed by atoms with Crippen molar-refractivity contribution in [2.45, 2.75) is 0 Å². The molecule has 0 bridgehead atoms. The molecule has 0 aliphatic rings. The van der Waals surface area contributed by atoms with E-state index in [9.17, 15) is 0 Å². The fourth-order valence-electron chi connectivity index (χ4n) is 7.23. The van der Waals surface area contributed by atoms with Gasteiger partial charge in [-0.3, -0.25) is 0 Å². The Morgan fingerprint density at radius 2 is 0.500 bits per heavy atom. The minimum absolute atomic E-state index is 1.14. The first-order valence-corrected chi connectivity index (χ1v) is 15.8. The second kappa shape index (κ2) is 10.8. The molecule has 0 heterocycles. The predicted octanol–water partition coefficient (Wildman–Crippen LogP) is 12.7. The Bertz CT molecular complexity index is 2180. The lowest BCUT2D eigenvalue weighted by Gasteiger charge is -2.29. The molecule has 2 nitrogen and oxygen atoms in total. The summed E-state index contributed by atoms with van der Waals surface area (Å²) in [6.07, 6.45) is 0. The van der Waals surface area contributed by atoms with Crippen LogP contribution in [-0.4, -0.2) is 0 Å². The van der Waals surface area contributed by atoms with Crippen molar-refractivity contribution < 1.29 is 0 Å². The van der Waals surface area contributed by atoms with Crippen LogP contribution in [-0.2, 0) is 0 Å². The largest absolute Gasteiger partial charge is 0.310 e. The van der Waals surface area contributed by atoms with Crippen molar-refractivity contribution in [3.05, 3.63) is 182 Å². The number of benzene rings is 9. The molecular formula is C44H30N2. The highest BCUT2D eigenvalue weighted by molar-refractivity contribution is 6.35. The van der Waals surface area contributed by atoms with E-state index in [4.69, 9.17) is 0 Å². The number of anilines is 6. The van der Waals surface area contributed by atoms with Gasteiger partial charge in [0.15, 0.2) is 0 Å². The maximum absolute atomic E-state index is 2.37. The van der Waals surface area contributed by atoms with E-state index < -0.39 is 0 Å². The van der Waals surface area contributed by atoms with Gasteiger partial charge in [0, 0.05) is 33.5 Å². The van der Waals surface area contributed by atoms with E-state index in [-0.39, 0.29) is 0 Å². The van der Waals surface area contributed by atoms with Crippen LogP contribution in [0.3, 0.4) is 0 Å². The molecule has 9 aromatic rings. The van der Waals surface area contributed by atoms with Crippen LogP contribution in [0.15, 0.2) is 182 Å². The molecule has 0 saturated carbocycles. The second-order valence-corrected chi connectivity index (χ2v) is 11.7. The molecule has 9 rings (SSSR count). The average Bonchev–Trinajstić information content (AvgIpc) is 3.13. The number of hydrogen-bond acceptors (Lipinski definition) is 2. The highest BCUT2D eigenvalue weighted by atomic mass is 15.1. The molecule has 0 fully saturated rings. The quantitative estimate of drug-likeness (QED) is 0.141. The van der Waals surface area contributed by atoms with Gasteiger partial charge in [-0.05, 0) is 93.0 Å². The van der Waals surface area contributed by atoms with Gasteiger partial charge in [0.25, 0.3) is 0 Å². The third-order valence-corrected chi connectivity index (χ3v) is 9.15. The highest BCUT2D eigenvalue weighted by Crippen LogP contribution is 2.48. The normalized spacial score (nSPS) is 11.5. The second-order valence-electron chi connectivity index (χ2n) is 11.7. The Morgan fingerprint density at radius 1 is 0.217 bits per heavy atom. The van der Waals surface area contributed by atoms with Crippen LogP contribution >= 0.6 is 0 Å². The summed E-state index contributed by atoms with van der Waals surface area (Å²) in [5, 5.41) is 10.2. The first-order valence-electron chi connectivity index (χ1n) is 15.8. The lowest BCUT2D eigenvalue weighted by atomic mass is 9.88. The summed E-state index contributed by atoms with van der Waals surface area (Å²) in [5.41, 5.74) is 6.89. The van der Waals surface area contributed by atoms with Gasteiger partial charge in [-0.1, -0.05) is 121 Å². The molecule has 2 heteroatoms. The van der Waals surface area contributed by atoms with Gasteiger partial charge in [-0.15, -0.1) is 0 Å². The topological polar surface area (TPSA) is 6.48 Å². The summed E-state index contributed by atoms with van der Waals surface area (Å²) in [7, 11) is 0. The molecule has 0 aliphatic heterocycles. The smallest absolute Gasteiger partial charge is 0.0540 e. The van der Waals surface area contributed by atoms with Crippen molar-refractivity contribution in [1.29, 1.82) is 0 Å². The van der Waals surface area contributed by atoms with E-state index in [0.717, 1.165) is 22.7 Å². The molecule has 0 saturated heterocycles. The number of para-hydroxylation sites is 4. The summed E-state index contributed by atoms with van der Waals surface area (Å²) in [4.78, 5) is 4.75. The van der Waals surface area contributed by atoms with E-state index in [0.29, 0.717) is 0 Å². The lowest BCUT2D eigenvalue weighted by Crippen LogP contribution is -2.11. The zero-order valence-electron chi connectivity index (χ0n) is 25.2. The van der Waals surface area contributed by atoms with Gasteiger partial charge in [0.1, 0.15) is 0 Å². The molecule has 0 amide bonds. The van der Waals surface area contributed by atoms with E-state index in [1.54, 1.807) is 0 Å². The number of nitrogens with zero attached hydrogens (tertiary/aromatic N) is 2. The standard InChI is InChI=1S/C44H30N2/c1-5-15-31(16-6-1)45(32-17-7-2-8-18-32)41-29-27-37-38-28-30-42(46(33-19-9-3-10-20-33)34-21-11-4-12-22-34)40-26-14-24-36(44(38)40)35-23-13-25-39(41)43(35)37/h1-30H. The maximum Gasteiger partial charge on any atom is 0.0540 e. The molecule has 46 heavy (non-hydrogen) atoms. The monoisotopic (exact) mass is 586 g/mol. The molecule has 0 N–H and O–H groups in total. The average molecular weight is 587 g/mol. The van der Waals surface area contributed by atoms with E-state index in [1.807, 2.05) is 0 Å². The molecule has 0 unspecified atom stereocenters. The lowest BCUT2D eigenvalue weighted by molar-refractivity contribution is 1.30. The van der Waals surface area contributed by atoms with Crippen LogP contribution in [0.1, 0.15) is 0 Å². The van der Waals surface area contributed by atoms with Crippen molar-refractivity contribution in [3.8, 4) is 0 Å². The van der Waals surface area contributed by atoms with Gasteiger partial charge in [0.05, 0.1) is 11.4 Å². The third kappa shape index (κ3) is 4.12. The molecular weight excluding hydrogens is 556 g/mol. The van der Waals surface area contributed by atoms with Crippen molar-refractivity contribution in [3.63, 3.8) is 0 Å². The summed E-state index contributed by atoms with van der Waals surface area (Å²) < 4.78 is 0. The molecule has 0 atom stereocenters. The van der Waals surface area contributed by atoms with Crippen molar-refractivity contribution in [2.75, 3.05) is 9.80 Å². The minimum atomic E-state index is 1.14. The molecule has 0 spiro atoms. The van der Waals surface area contributed by atoms with Gasteiger partial charge >= 0.3 is 0 Å². The number of rotatable bonds is 6. The van der Waals surface area contributed by atoms with Crippen LogP contribution in [0, 0.1) is 0 Å². The fraction of sp³-hybridized carbons (Fsp3) is 0. The SMILES string of the molecule is c1ccc(N(c2ccccc2)c2ccc3c4ccc(N(c5ccccc5)c5ccccc5)c5cccc(c6cccc2c63)c54)cc1. The summed E-state index contributed by atoms with van der Waals surface area (Å²) in [5.74, 6) is 0. The Balaban J connectivity index is 1.34. The van der Waals surface area contributed by atoms with E-state index in [1.165, 1.54) is 54.5 Å². The molecule has 9 aromatic carbocycles. The zero-order valence-corrected chi connectivity index (χ0v) is 25.2. The van der Waals surface area contributed by atoms with E-state index >= 15 is 0 Å². The van der Waals surface area contributed by atoms with Gasteiger partial charge in [-0.2, -0.15) is 0 Å². The first kappa shape index (κ1) is 26.3. The minimum Gasteiger partial charge on any atom is -0.310 e. The predicted molar refractivity (Wildman–Crippen MR) is 197 cm³/mol. The Labute approximate surface area is 268 Å².